The largest absolute Gasteiger partial charge is 0.493 e. The zero-order valence-electron chi connectivity index (χ0n) is 16.3. The Kier molecular flexibility index (Phi) is 7.63. The van der Waals surface area contributed by atoms with E-state index in [1.807, 2.05) is 30.3 Å². The predicted molar refractivity (Wildman–Crippen MR) is 114 cm³/mol. The molecule has 2 aromatic carbocycles. The van der Waals surface area contributed by atoms with Crippen molar-refractivity contribution in [2.24, 2.45) is 0 Å². The molecule has 0 aliphatic heterocycles. The quantitative estimate of drug-likeness (QED) is 0.303. The van der Waals surface area contributed by atoms with Crippen LogP contribution in [0.2, 0.25) is 0 Å². The van der Waals surface area contributed by atoms with Crippen LogP contribution in [0.15, 0.2) is 52.9 Å². The Labute approximate surface area is 181 Å². The van der Waals surface area contributed by atoms with Crippen LogP contribution in [0.3, 0.4) is 0 Å². The molecule has 0 atom stereocenters. The maximum Gasteiger partial charge on any atom is 0.343 e. The average Bonchev–Trinajstić information content (AvgIpc) is 3.23. The number of anilines is 1. The first-order valence-corrected chi connectivity index (χ1v) is 10.6. The Morgan fingerprint density at radius 1 is 1.07 bits per heavy atom. The Hall–Kier alpha value is -3.11. The maximum atomic E-state index is 12.5. The van der Waals surface area contributed by atoms with E-state index in [2.05, 4.69) is 20.3 Å². The molecule has 1 N–H and O–H groups in total. The Balaban J connectivity index is 1.60. The predicted octanol–water partition coefficient (Wildman–Crippen LogP) is 3.64. The number of benzene rings is 2. The molecule has 3 rings (SSSR count). The number of hydrogen-bond acceptors (Lipinski definition) is 9. The SMILES string of the molecule is COC(=O)COc1ccc(C(=O)Nc2nnc(SCc3ccccc3)s2)cc1OC. The van der Waals surface area contributed by atoms with Gasteiger partial charge in [0.1, 0.15) is 0 Å². The van der Waals surface area contributed by atoms with Crippen molar-refractivity contribution in [3.8, 4) is 11.5 Å². The number of nitrogens with zero attached hydrogens (tertiary/aromatic N) is 2. The molecule has 10 heteroatoms. The molecule has 0 saturated heterocycles. The Morgan fingerprint density at radius 3 is 2.60 bits per heavy atom. The summed E-state index contributed by atoms with van der Waals surface area (Å²) in [5.74, 6) is 0.547. The first-order valence-electron chi connectivity index (χ1n) is 8.78. The summed E-state index contributed by atoms with van der Waals surface area (Å²) in [7, 11) is 2.72. The Bertz CT molecular complexity index is 1010. The van der Waals surface area contributed by atoms with Gasteiger partial charge in [-0.3, -0.25) is 10.1 Å². The van der Waals surface area contributed by atoms with Gasteiger partial charge >= 0.3 is 5.97 Å². The van der Waals surface area contributed by atoms with Crippen LogP contribution in [-0.2, 0) is 15.3 Å². The highest BCUT2D eigenvalue weighted by molar-refractivity contribution is 8.00. The molecule has 0 spiro atoms. The minimum Gasteiger partial charge on any atom is -0.493 e. The topological polar surface area (TPSA) is 99.6 Å². The van der Waals surface area contributed by atoms with Gasteiger partial charge in [-0.15, -0.1) is 10.2 Å². The van der Waals surface area contributed by atoms with Crippen molar-refractivity contribution in [2.45, 2.75) is 10.1 Å². The molecular formula is C20H19N3O5S2. The van der Waals surface area contributed by atoms with Crippen LogP contribution in [-0.4, -0.2) is 42.9 Å². The van der Waals surface area contributed by atoms with Gasteiger partial charge in [0.25, 0.3) is 5.91 Å². The van der Waals surface area contributed by atoms with Crippen molar-refractivity contribution < 1.29 is 23.8 Å². The minimum absolute atomic E-state index is 0.257. The van der Waals surface area contributed by atoms with Gasteiger partial charge in [-0.1, -0.05) is 53.4 Å². The number of esters is 1. The van der Waals surface area contributed by atoms with E-state index in [0.29, 0.717) is 22.2 Å². The second-order valence-corrected chi connectivity index (χ2v) is 8.03. The van der Waals surface area contributed by atoms with E-state index in [9.17, 15) is 9.59 Å². The molecule has 0 aliphatic rings. The molecule has 0 aliphatic carbocycles. The zero-order valence-corrected chi connectivity index (χ0v) is 17.9. The molecular weight excluding hydrogens is 426 g/mol. The number of nitrogens with one attached hydrogen (secondary N) is 1. The molecule has 3 aromatic rings. The van der Waals surface area contributed by atoms with Crippen LogP contribution in [0.4, 0.5) is 5.13 Å². The number of carbonyl (C=O) groups is 2. The van der Waals surface area contributed by atoms with Gasteiger partial charge in [-0.2, -0.15) is 0 Å². The van der Waals surface area contributed by atoms with E-state index < -0.39 is 5.97 Å². The number of rotatable bonds is 9. The van der Waals surface area contributed by atoms with Gasteiger partial charge < -0.3 is 14.2 Å². The summed E-state index contributed by atoms with van der Waals surface area (Å²) in [5.41, 5.74) is 1.54. The van der Waals surface area contributed by atoms with Gasteiger partial charge in [0, 0.05) is 11.3 Å². The molecule has 0 saturated carbocycles. The lowest BCUT2D eigenvalue weighted by Crippen LogP contribution is -2.14. The van der Waals surface area contributed by atoms with Crippen LogP contribution in [0, 0.1) is 0 Å². The van der Waals surface area contributed by atoms with Gasteiger partial charge in [0.2, 0.25) is 5.13 Å². The third-order valence-corrected chi connectivity index (χ3v) is 5.87. The molecule has 1 amide bonds. The number of methoxy groups -OCH3 is 2. The van der Waals surface area contributed by atoms with E-state index in [4.69, 9.17) is 9.47 Å². The van der Waals surface area contributed by atoms with Crippen molar-refractivity contribution in [3.63, 3.8) is 0 Å². The summed E-state index contributed by atoms with van der Waals surface area (Å²) in [5, 5.41) is 11.3. The zero-order chi connectivity index (χ0) is 21.3. The number of ether oxygens (including phenoxy) is 3. The number of carbonyl (C=O) groups excluding carboxylic acids is 2. The first kappa shape index (κ1) is 21.6. The number of hydrogen-bond donors (Lipinski definition) is 1. The minimum atomic E-state index is -0.518. The third-order valence-electron chi connectivity index (χ3n) is 3.83. The van der Waals surface area contributed by atoms with Crippen LogP contribution >= 0.6 is 23.1 Å². The van der Waals surface area contributed by atoms with E-state index in [0.717, 1.165) is 10.1 Å². The van der Waals surface area contributed by atoms with Gasteiger partial charge in [-0.05, 0) is 23.8 Å². The summed E-state index contributed by atoms with van der Waals surface area (Å²) in [6.45, 7) is -0.257. The molecule has 156 valence electrons. The van der Waals surface area contributed by atoms with Crippen molar-refractivity contribution in [3.05, 3.63) is 59.7 Å². The van der Waals surface area contributed by atoms with E-state index >= 15 is 0 Å². The fraction of sp³-hybridized carbons (Fsp3) is 0.200. The highest BCUT2D eigenvalue weighted by Gasteiger charge is 2.15. The smallest absolute Gasteiger partial charge is 0.343 e. The van der Waals surface area contributed by atoms with Crippen LogP contribution in [0.1, 0.15) is 15.9 Å². The highest BCUT2D eigenvalue weighted by atomic mass is 32.2. The number of aromatic nitrogens is 2. The first-order chi connectivity index (χ1) is 14.6. The van der Waals surface area contributed by atoms with E-state index in [-0.39, 0.29) is 12.5 Å². The lowest BCUT2D eigenvalue weighted by Gasteiger charge is -2.11. The lowest BCUT2D eigenvalue weighted by molar-refractivity contribution is -0.142. The van der Waals surface area contributed by atoms with Gasteiger partial charge in [0.05, 0.1) is 14.2 Å². The van der Waals surface area contributed by atoms with Crippen LogP contribution < -0.4 is 14.8 Å². The molecule has 0 radical (unpaired) electrons. The monoisotopic (exact) mass is 445 g/mol. The highest BCUT2D eigenvalue weighted by Crippen LogP contribution is 2.30. The summed E-state index contributed by atoms with van der Waals surface area (Å²) in [6.07, 6.45) is 0. The summed E-state index contributed by atoms with van der Waals surface area (Å²) >= 11 is 2.86. The van der Waals surface area contributed by atoms with Gasteiger partial charge in [0.15, 0.2) is 22.4 Å². The molecule has 1 aromatic heterocycles. The summed E-state index contributed by atoms with van der Waals surface area (Å²) < 4.78 is 15.9. The fourth-order valence-electron chi connectivity index (χ4n) is 2.33. The average molecular weight is 446 g/mol. The second-order valence-electron chi connectivity index (χ2n) is 5.83. The molecule has 8 nitrogen and oxygen atoms in total. The lowest BCUT2D eigenvalue weighted by atomic mass is 10.2. The second kappa shape index (κ2) is 10.6. The normalized spacial score (nSPS) is 10.3. The van der Waals surface area contributed by atoms with Crippen molar-refractivity contribution in [2.75, 3.05) is 26.1 Å². The standard InChI is InChI=1S/C20H19N3O5S2/c1-26-16-10-14(8-9-15(16)28-11-17(24)27-2)18(25)21-19-22-23-20(30-19)29-12-13-6-4-3-5-7-13/h3-10H,11-12H2,1-2H3,(H,21,22,25). The molecule has 30 heavy (non-hydrogen) atoms. The van der Waals surface area contributed by atoms with E-state index in [1.54, 1.807) is 23.9 Å². The van der Waals surface area contributed by atoms with Crippen molar-refractivity contribution in [1.29, 1.82) is 0 Å². The summed E-state index contributed by atoms with van der Waals surface area (Å²) in [4.78, 5) is 23.8. The number of amides is 1. The third kappa shape index (κ3) is 5.94. The molecule has 0 bridgehead atoms. The van der Waals surface area contributed by atoms with Crippen LogP contribution in [0.25, 0.3) is 0 Å². The van der Waals surface area contributed by atoms with Crippen LogP contribution in [0.5, 0.6) is 11.5 Å². The fourth-order valence-corrected chi connectivity index (χ4v) is 4.03. The molecule has 0 unspecified atom stereocenters. The molecule has 1 heterocycles. The van der Waals surface area contributed by atoms with Gasteiger partial charge in [-0.25, -0.2) is 4.79 Å². The number of thioether (sulfide) groups is 1. The molecule has 0 fully saturated rings. The van der Waals surface area contributed by atoms with E-state index in [1.165, 1.54) is 37.2 Å². The summed E-state index contributed by atoms with van der Waals surface area (Å²) in [6, 6.07) is 14.7. The van der Waals surface area contributed by atoms with Crippen molar-refractivity contribution >= 4 is 40.1 Å². The van der Waals surface area contributed by atoms with Crippen molar-refractivity contribution in [1.82, 2.24) is 10.2 Å². The maximum absolute atomic E-state index is 12.5. The Morgan fingerprint density at radius 2 is 1.87 bits per heavy atom.